The van der Waals surface area contributed by atoms with Gasteiger partial charge in [0.15, 0.2) is 11.6 Å². The molecule has 0 spiro atoms. The Bertz CT molecular complexity index is 1270. The molecule has 0 radical (unpaired) electrons. The number of hydrogen-bond donors (Lipinski definition) is 1. The first-order chi connectivity index (χ1) is 16.6. The SMILES string of the molecule is CC(F)(F)c1ccc(F)c(CC(=O)Cc2ccc(Oc3cc(NC(=O)C4CC4)ncn3)c(F)c2)c1. The Morgan fingerprint density at radius 2 is 1.80 bits per heavy atom. The Balaban J connectivity index is 1.40. The minimum Gasteiger partial charge on any atom is -0.436 e. The molecule has 0 unspecified atom stereocenters. The summed E-state index contributed by atoms with van der Waals surface area (Å²) in [4.78, 5) is 32.1. The molecule has 182 valence electrons. The zero-order valence-corrected chi connectivity index (χ0v) is 18.7. The zero-order chi connectivity index (χ0) is 25.2. The van der Waals surface area contributed by atoms with Crippen LogP contribution < -0.4 is 10.1 Å². The van der Waals surface area contributed by atoms with Crippen LogP contribution in [0.2, 0.25) is 0 Å². The van der Waals surface area contributed by atoms with Crippen molar-refractivity contribution in [1.82, 2.24) is 9.97 Å². The fourth-order valence-electron chi connectivity index (χ4n) is 3.37. The first-order valence-corrected chi connectivity index (χ1v) is 10.9. The third-order valence-electron chi connectivity index (χ3n) is 5.39. The van der Waals surface area contributed by atoms with Crippen LogP contribution in [-0.2, 0) is 28.4 Å². The monoisotopic (exact) mass is 487 g/mol. The Kier molecular flexibility index (Phi) is 6.81. The highest BCUT2D eigenvalue weighted by Gasteiger charge is 2.30. The predicted octanol–water partition coefficient (Wildman–Crippen LogP) is 5.36. The lowest BCUT2D eigenvalue weighted by molar-refractivity contribution is -0.118. The van der Waals surface area contributed by atoms with Gasteiger partial charge in [-0.05, 0) is 48.2 Å². The summed E-state index contributed by atoms with van der Waals surface area (Å²) in [6, 6.07) is 8.06. The Hall–Kier alpha value is -3.82. The van der Waals surface area contributed by atoms with E-state index in [9.17, 15) is 27.2 Å². The highest BCUT2D eigenvalue weighted by atomic mass is 19.3. The number of nitrogens with zero attached hydrogens (tertiary/aromatic N) is 2. The minimum absolute atomic E-state index is 0.0110. The molecular formula is C25H21F4N3O3. The van der Waals surface area contributed by atoms with Crippen LogP contribution >= 0.6 is 0 Å². The maximum atomic E-state index is 14.6. The number of benzene rings is 2. The number of amides is 1. The largest absolute Gasteiger partial charge is 0.436 e. The topological polar surface area (TPSA) is 81.2 Å². The van der Waals surface area contributed by atoms with Gasteiger partial charge in [-0.1, -0.05) is 12.1 Å². The number of carbonyl (C=O) groups excluding carboxylic acids is 2. The molecule has 3 aromatic rings. The summed E-state index contributed by atoms with van der Waals surface area (Å²) >= 11 is 0. The number of anilines is 1. The molecule has 0 bridgehead atoms. The Morgan fingerprint density at radius 1 is 1.03 bits per heavy atom. The predicted molar refractivity (Wildman–Crippen MR) is 118 cm³/mol. The van der Waals surface area contributed by atoms with Crippen molar-refractivity contribution in [3.8, 4) is 11.6 Å². The van der Waals surface area contributed by atoms with E-state index >= 15 is 0 Å². The van der Waals surface area contributed by atoms with E-state index in [1.54, 1.807) is 0 Å². The summed E-state index contributed by atoms with van der Waals surface area (Å²) in [7, 11) is 0. The fraction of sp³-hybridized carbons (Fsp3) is 0.280. The second-order valence-electron chi connectivity index (χ2n) is 8.46. The van der Waals surface area contributed by atoms with Crippen molar-refractivity contribution in [2.45, 2.75) is 38.5 Å². The second-order valence-corrected chi connectivity index (χ2v) is 8.46. The fourth-order valence-corrected chi connectivity index (χ4v) is 3.37. The molecule has 10 heteroatoms. The van der Waals surface area contributed by atoms with Gasteiger partial charge in [-0.2, -0.15) is 0 Å². The first-order valence-electron chi connectivity index (χ1n) is 10.9. The lowest BCUT2D eigenvalue weighted by Crippen LogP contribution is -2.14. The minimum atomic E-state index is -3.17. The van der Waals surface area contributed by atoms with E-state index in [-0.39, 0.29) is 41.3 Å². The third kappa shape index (κ3) is 6.40. The molecule has 1 aliphatic carbocycles. The molecule has 1 aromatic heterocycles. The van der Waals surface area contributed by atoms with Gasteiger partial charge in [-0.3, -0.25) is 9.59 Å². The number of aromatic nitrogens is 2. The van der Waals surface area contributed by atoms with E-state index in [2.05, 4.69) is 15.3 Å². The van der Waals surface area contributed by atoms with E-state index in [0.29, 0.717) is 12.5 Å². The van der Waals surface area contributed by atoms with Gasteiger partial charge in [0.1, 0.15) is 23.7 Å². The highest BCUT2D eigenvalue weighted by molar-refractivity contribution is 5.93. The summed E-state index contributed by atoms with van der Waals surface area (Å²) < 4.78 is 61.1. The molecule has 2 aromatic carbocycles. The number of nitrogens with one attached hydrogen (secondary N) is 1. The summed E-state index contributed by atoms with van der Waals surface area (Å²) in [5, 5.41) is 2.64. The lowest BCUT2D eigenvalue weighted by atomic mass is 9.99. The molecule has 4 rings (SSSR count). The highest BCUT2D eigenvalue weighted by Crippen LogP contribution is 2.31. The van der Waals surface area contributed by atoms with Gasteiger partial charge >= 0.3 is 0 Å². The van der Waals surface area contributed by atoms with Crippen LogP contribution in [0.25, 0.3) is 0 Å². The van der Waals surface area contributed by atoms with Crippen LogP contribution in [0.1, 0.15) is 36.5 Å². The molecule has 0 aliphatic heterocycles. The molecule has 0 atom stereocenters. The summed E-state index contributed by atoms with van der Waals surface area (Å²) in [6.07, 6.45) is 2.19. The maximum absolute atomic E-state index is 14.6. The van der Waals surface area contributed by atoms with Crippen molar-refractivity contribution < 1.29 is 31.9 Å². The number of alkyl halides is 2. The lowest BCUT2D eigenvalue weighted by Gasteiger charge is -2.12. The van der Waals surface area contributed by atoms with E-state index < -0.39 is 35.3 Å². The van der Waals surface area contributed by atoms with Crippen molar-refractivity contribution in [3.63, 3.8) is 0 Å². The average Bonchev–Trinajstić information content (AvgIpc) is 3.62. The van der Waals surface area contributed by atoms with Gasteiger partial charge in [-0.25, -0.2) is 27.5 Å². The molecule has 1 N–H and O–H groups in total. The Labute approximate surface area is 198 Å². The molecule has 1 amide bonds. The molecule has 1 saturated carbocycles. The van der Waals surface area contributed by atoms with Crippen molar-refractivity contribution >= 4 is 17.5 Å². The number of rotatable bonds is 9. The van der Waals surface area contributed by atoms with Crippen LogP contribution in [0.5, 0.6) is 11.6 Å². The van der Waals surface area contributed by atoms with Crippen LogP contribution in [0, 0.1) is 17.6 Å². The quantitative estimate of drug-likeness (QED) is 0.411. The van der Waals surface area contributed by atoms with Gasteiger partial charge in [0.25, 0.3) is 5.92 Å². The average molecular weight is 487 g/mol. The number of carbonyl (C=O) groups is 2. The third-order valence-corrected chi connectivity index (χ3v) is 5.39. The normalized spacial score (nSPS) is 13.4. The maximum Gasteiger partial charge on any atom is 0.270 e. The van der Waals surface area contributed by atoms with E-state index in [1.165, 1.54) is 24.5 Å². The first kappa shape index (κ1) is 24.3. The van der Waals surface area contributed by atoms with Crippen molar-refractivity contribution in [2.75, 3.05) is 5.32 Å². The van der Waals surface area contributed by atoms with Crippen molar-refractivity contribution in [2.24, 2.45) is 5.92 Å². The van der Waals surface area contributed by atoms with Gasteiger partial charge in [-0.15, -0.1) is 0 Å². The van der Waals surface area contributed by atoms with Crippen molar-refractivity contribution in [1.29, 1.82) is 0 Å². The molecule has 1 fully saturated rings. The summed E-state index contributed by atoms with van der Waals surface area (Å²) in [5.74, 6) is -5.26. The molecule has 6 nitrogen and oxygen atoms in total. The van der Waals surface area contributed by atoms with Crippen LogP contribution in [0.4, 0.5) is 23.4 Å². The number of hydrogen-bond acceptors (Lipinski definition) is 5. The molecule has 0 saturated heterocycles. The number of Topliss-reactive ketones (excluding diaryl/α,β-unsaturated/α-hetero) is 1. The number of ether oxygens (including phenoxy) is 1. The van der Waals surface area contributed by atoms with Crippen LogP contribution in [0.3, 0.4) is 0 Å². The zero-order valence-electron chi connectivity index (χ0n) is 18.7. The molecule has 1 heterocycles. The van der Waals surface area contributed by atoms with E-state index in [1.807, 2.05) is 0 Å². The molecule has 1 aliphatic rings. The molecule has 35 heavy (non-hydrogen) atoms. The number of halogens is 4. The van der Waals surface area contributed by atoms with Gasteiger partial charge < -0.3 is 10.1 Å². The van der Waals surface area contributed by atoms with E-state index in [4.69, 9.17) is 4.74 Å². The standard InChI is InChI=1S/C25H21F4N3O3/c1-25(28,29)17-5-6-19(26)16(10-17)11-18(33)8-14-2-7-21(20(27)9-14)35-23-12-22(30-13-31-23)32-24(34)15-3-4-15/h2,5-7,9-10,12-13,15H,3-4,8,11H2,1H3,(H,30,31,32,34). The summed E-state index contributed by atoms with van der Waals surface area (Å²) in [6.45, 7) is 0.685. The van der Waals surface area contributed by atoms with Gasteiger partial charge in [0.05, 0.1) is 0 Å². The number of ketones is 1. The molecular weight excluding hydrogens is 466 g/mol. The van der Waals surface area contributed by atoms with Gasteiger partial charge in [0.2, 0.25) is 11.8 Å². The smallest absolute Gasteiger partial charge is 0.270 e. The Morgan fingerprint density at radius 3 is 2.49 bits per heavy atom. The summed E-state index contributed by atoms with van der Waals surface area (Å²) in [5.41, 5.74) is -0.241. The van der Waals surface area contributed by atoms with Crippen LogP contribution in [0.15, 0.2) is 48.8 Å². The van der Waals surface area contributed by atoms with Gasteiger partial charge in [0, 0.05) is 37.3 Å². The van der Waals surface area contributed by atoms with Crippen LogP contribution in [-0.4, -0.2) is 21.7 Å². The van der Waals surface area contributed by atoms with Crippen molar-refractivity contribution in [3.05, 3.63) is 77.1 Å². The van der Waals surface area contributed by atoms with E-state index in [0.717, 1.165) is 37.1 Å². The second kappa shape index (κ2) is 9.81.